The van der Waals surface area contributed by atoms with Crippen LogP contribution in [0.15, 0.2) is 12.4 Å². The summed E-state index contributed by atoms with van der Waals surface area (Å²) in [5, 5.41) is 0. The number of esters is 1. The first-order valence-corrected chi connectivity index (χ1v) is 7.53. The molecule has 0 aliphatic carbocycles. The third-order valence-electron chi connectivity index (χ3n) is 3.31. The second kappa shape index (κ2) is 7.24. The third-order valence-corrected chi connectivity index (χ3v) is 3.31. The van der Waals surface area contributed by atoms with Gasteiger partial charge in [0, 0.05) is 6.54 Å². The first-order chi connectivity index (χ1) is 10.1. The summed E-state index contributed by atoms with van der Waals surface area (Å²) in [6, 6.07) is -0.276. The fourth-order valence-electron chi connectivity index (χ4n) is 2.46. The number of anilines is 1. The standard InChI is InChI=1S/C15H23N3O3/c1-4-20-15(19)12-7-5-6-8-18(12)13-9-16-10-14(17-13)21-11(2)3/h9-12H,4-8H2,1-3H3. The summed E-state index contributed by atoms with van der Waals surface area (Å²) in [5.74, 6) is 0.968. The van der Waals surface area contributed by atoms with Gasteiger partial charge in [-0.25, -0.2) is 4.79 Å². The molecule has 6 nitrogen and oxygen atoms in total. The molecule has 2 heterocycles. The number of ether oxygens (including phenoxy) is 2. The Kier molecular flexibility index (Phi) is 5.36. The van der Waals surface area contributed by atoms with Crippen molar-refractivity contribution in [3.8, 4) is 5.88 Å². The molecule has 0 bridgehead atoms. The summed E-state index contributed by atoms with van der Waals surface area (Å²) in [4.78, 5) is 22.7. The molecule has 0 aromatic carbocycles. The SMILES string of the molecule is CCOC(=O)C1CCCCN1c1cncc(OC(C)C)n1. The van der Waals surface area contributed by atoms with Crippen LogP contribution in [0.3, 0.4) is 0 Å². The molecule has 1 saturated heterocycles. The number of rotatable bonds is 5. The van der Waals surface area contributed by atoms with Gasteiger partial charge in [0.05, 0.1) is 25.1 Å². The molecular formula is C15H23N3O3. The molecule has 0 amide bonds. The third kappa shape index (κ3) is 4.06. The second-order valence-corrected chi connectivity index (χ2v) is 5.34. The summed E-state index contributed by atoms with van der Waals surface area (Å²) in [6.45, 7) is 6.88. The molecule has 1 aliphatic rings. The van der Waals surface area contributed by atoms with Crippen molar-refractivity contribution in [2.75, 3.05) is 18.1 Å². The molecule has 1 unspecified atom stereocenters. The molecule has 2 rings (SSSR count). The van der Waals surface area contributed by atoms with Gasteiger partial charge in [0.15, 0.2) is 5.82 Å². The maximum Gasteiger partial charge on any atom is 0.328 e. The van der Waals surface area contributed by atoms with Crippen molar-refractivity contribution < 1.29 is 14.3 Å². The zero-order valence-corrected chi connectivity index (χ0v) is 12.9. The average molecular weight is 293 g/mol. The number of carbonyl (C=O) groups excluding carboxylic acids is 1. The van der Waals surface area contributed by atoms with Crippen LogP contribution in [0.1, 0.15) is 40.0 Å². The molecular weight excluding hydrogens is 270 g/mol. The maximum atomic E-state index is 12.1. The quantitative estimate of drug-likeness (QED) is 0.775. The lowest BCUT2D eigenvalue weighted by molar-refractivity contribution is -0.145. The molecule has 21 heavy (non-hydrogen) atoms. The predicted molar refractivity (Wildman–Crippen MR) is 79.4 cm³/mol. The van der Waals surface area contributed by atoms with Crippen LogP contribution < -0.4 is 9.64 Å². The topological polar surface area (TPSA) is 64.5 Å². The van der Waals surface area contributed by atoms with Gasteiger partial charge in [-0.15, -0.1) is 0 Å². The van der Waals surface area contributed by atoms with E-state index in [0.717, 1.165) is 25.8 Å². The molecule has 0 spiro atoms. The molecule has 1 fully saturated rings. The van der Waals surface area contributed by atoms with Crippen molar-refractivity contribution in [2.45, 2.75) is 52.2 Å². The van der Waals surface area contributed by atoms with Gasteiger partial charge in [-0.1, -0.05) is 0 Å². The van der Waals surface area contributed by atoms with Crippen LogP contribution in [-0.4, -0.2) is 41.2 Å². The molecule has 0 radical (unpaired) electrons. The van der Waals surface area contributed by atoms with Gasteiger partial charge >= 0.3 is 5.97 Å². The van der Waals surface area contributed by atoms with E-state index in [1.807, 2.05) is 25.7 Å². The average Bonchev–Trinajstić information content (AvgIpc) is 2.47. The lowest BCUT2D eigenvalue weighted by Crippen LogP contribution is -2.46. The van der Waals surface area contributed by atoms with Crippen molar-refractivity contribution in [3.05, 3.63) is 12.4 Å². The predicted octanol–water partition coefficient (Wildman–Crippen LogP) is 2.19. The Morgan fingerprint density at radius 1 is 1.43 bits per heavy atom. The highest BCUT2D eigenvalue weighted by atomic mass is 16.5. The van der Waals surface area contributed by atoms with Crippen molar-refractivity contribution in [3.63, 3.8) is 0 Å². The van der Waals surface area contributed by atoms with Crippen LogP contribution >= 0.6 is 0 Å². The Hall–Kier alpha value is -1.85. The molecule has 0 saturated carbocycles. The largest absolute Gasteiger partial charge is 0.474 e. The first-order valence-electron chi connectivity index (χ1n) is 7.53. The maximum absolute atomic E-state index is 12.1. The Morgan fingerprint density at radius 2 is 2.24 bits per heavy atom. The van der Waals surface area contributed by atoms with E-state index < -0.39 is 0 Å². The number of carbonyl (C=O) groups is 1. The van der Waals surface area contributed by atoms with E-state index in [9.17, 15) is 4.79 Å². The minimum Gasteiger partial charge on any atom is -0.474 e. The van der Waals surface area contributed by atoms with Crippen molar-refractivity contribution in [1.82, 2.24) is 9.97 Å². The van der Waals surface area contributed by atoms with Gasteiger partial charge in [-0.2, -0.15) is 4.98 Å². The molecule has 1 aromatic heterocycles. The van der Waals surface area contributed by atoms with Gasteiger partial charge in [0.25, 0.3) is 0 Å². The second-order valence-electron chi connectivity index (χ2n) is 5.34. The number of aromatic nitrogens is 2. The van der Waals surface area contributed by atoms with Gasteiger partial charge in [-0.3, -0.25) is 4.98 Å². The molecule has 1 aromatic rings. The smallest absolute Gasteiger partial charge is 0.328 e. The number of nitrogens with zero attached hydrogens (tertiary/aromatic N) is 3. The fourth-order valence-corrected chi connectivity index (χ4v) is 2.46. The van der Waals surface area contributed by atoms with E-state index in [1.54, 1.807) is 12.4 Å². The fraction of sp³-hybridized carbons (Fsp3) is 0.667. The van der Waals surface area contributed by atoms with Crippen LogP contribution in [0.25, 0.3) is 0 Å². The number of piperidine rings is 1. The van der Waals surface area contributed by atoms with Crippen LogP contribution in [0, 0.1) is 0 Å². The zero-order chi connectivity index (χ0) is 15.2. The Labute approximate surface area is 125 Å². The number of hydrogen-bond acceptors (Lipinski definition) is 6. The Morgan fingerprint density at radius 3 is 2.95 bits per heavy atom. The van der Waals surface area contributed by atoms with E-state index in [-0.39, 0.29) is 18.1 Å². The summed E-state index contributed by atoms with van der Waals surface area (Å²) < 4.78 is 10.7. The van der Waals surface area contributed by atoms with E-state index in [1.165, 1.54) is 0 Å². The summed E-state index contributed by atoms with van der Waals surface area (Å²) >= 11 is 0. The zero-order valence-electron chi connectivity index (χ0n) is 12.9. The van der Waals surface area contributed by atoms with Crippen LogP contribution in [0.5, 0.6) is 5.88 Å². The van der Waals surface area contributed by atoms with Gasteiger partial charge in [-0.05, 0) is 40.0 Å². The molecule has 1 aliphatic heterocycles. The monoisotopic (exact) mass is 293 g/mol. The first kappa shape index (κ1) is 15.5. The van der Waals surface area contributed by atoms with Crippen LogP contribution in [0.2, 0.25) is 0 Å². The minimum absolute atomic E-state index is 0.0387. The van der Waals surface area contributed by atoms with Crippen molar-refractivity contribution in [2.24, 2.45) is 0 Å². The molecule has 116 valence electrons. The van der Waals surface area contributed by atoms with Crippen molar-refractivity contribution in [1.29, 1.82) is 0 Å². The lowest BCUT2D eigenvalue weighted by atomic mass is 10.0. The minimum atomic E-state index is -0.276. The normalized spacial score (nSPS) is 18.7. The molecule has 0 N–H and O–H groups in total. The molecule has 1 atom stereocenters. The molecule has 6 heteroatoms. The van der Waals surface area contributed by atoms with Gasteiger partial charge in [0.2, 0.25) is 5.88 Å². The van der Waals surface area contributed by atoms with Crippen LogP contribution in [-0.2, 0) is 9.53 Å². The lowest BCUT2D eigenvalue weighted by Gasteiger charge is -2.34. The highest BCUT2D eigenvalue weighted by Gasteiger charge is 2.31. The van der Waals surface area contributed by atoms with Crippen LogP contribution in [0.4, 0.5) is 5.82 Å². The summed E-state index contributed by atoms with van der Waals surface area (Å²) in [7, 11) is 0. The van der Waals surface area contributed by atoms with E-state index >= 15 is 0 Å². The van der Waals surface area contributed by atoms with E-state index in [4.69, 9.17) is 9.47 Å². The van der Waals surface area contributed by atoms with E-state index in [0.29, 0.717) is 18.3 Å². The summed E-state index contributed by atoms with van der Waals surface area (Å²) in [5.41, 5.74) is 0. The van der Waals surface area contributed by atoms with Crippen molar-refractivity contribution >= 4 is 11.8 Å². The van der Waals surface area contributed by atoms with Gasteiger partial charge in [0.1, 0.15) is 6.04 Å². The van der Waals surface area contributed by atoms with E-state index in [2.05, 4.69) is 9.97 Å². The van der Waals surface area contributed by atoms with Gasteiger partial charge < -0.3 is 14.4 Å². The Bertz CT molecular complexity index is 479. The highest BCUT2D eigenvalue weighted by molar-refractivity contribution is 5.79. The summed E-state index contributed by atoms with van der Waals surface area (Å²) in [6.07, 6.45) is 6.15. The Balaban J connectivity index is 2.18. The highest BCUT2D eigenvalue weighted by Crippen LogP contribution is 2.25. The number of hydrogen-bond donors (Lipinski definition) is 0.